The summed E-state index contributed by atoms with van der Waals surface area (Å²) in [5.74, 6) is 0.690. The number of anilines is 1. The Balaban J connectivity index is 1.24. The first-order valence-electron chi connectivity index (χ1n) is 8.96. The fourth-order valence-corrected chi connectivity index (χ4v) is 3.96. The van der Waals surface area contributed by atoms with Gasteiger partial charge in [0, 0.05) is 18.2 Å². The lowest BCUT2D eigenvalue weighted by molar-refractivity contribution is -0.117. The zero-order chi connectivity index (χ0) is 20.9. The number of hydrogen-bond donors (Lipinski definition) is 3. The molecule has 0 saturated carbocycles. The molecule has 3 heterocycles. The molecule has 12 heteroatoms. The topological polar surface area (TPSA) is 153 Å². The van der Waals surface area contributed by atoms with Crippen LogP contribution in [0.15, 0.2) is 39.3 Å². The van der Waals surface area contributed by atoms with Crippen molar-refractivity contribution in [3.05, 3.63) is 47.1 Å². The van der Waals surface area contributed by atoms with Crippen molar-refractivity contribution in [2.24, 2.45) is 5.73 Å². The van der Waals surface area contributed by atoms with E-state index in [-0.39, 0.29) is 18.1 Å². The molecule has 0 radical (unpaired) electrons. The Morgan fingerprint density at radius 1 is 1.20 bits per heavy atom. The van der Waals surface area contributed by atoms with Crippen molar-refractivity contribution in [2.75, 3.05) is 11.1 Å². The van der Waals surface area contributed by atoms with Crippen LogP contribution in [0.4, 0.5) is 5.13 Å². The average Bonchev–Trinajstić information content (AvgIpc) is 3.44. The molecule has 10 nitrogen and oxygen atoms in total. The van der Waals surface area contributed by atoms with Crippen LogP contribution in [0.5, 0.6) is 0 Å². The first-order valence-corrected chi connectivity index (χ1v) is 10.8. The number of nitrogens with two attached hydrogens (primary N) is 1. The number of nitrogens with zero attached hydrogens (tertiary/aromatic N) is 4. The molecule has 0 bridgehead atoms. The van der Waals surface area contributed by atoms with Gasteiger partial charge in [-0.3, -0.25) is 9.59 Å². The van der Waals surface area contributed by atoms with Crippen LogP contribution in [-0.2, 0) is 28.9 Å². The van der Waals surface area contributed by atoms with E-state index >= 15 is 0 Å². The fraction of sp³-hybridized carbons (Fsp3) is 0.222. The Morgan fingerprint density at radius 3 is 2.90 bits per heavy atom. The van der Waals surface area contributed by atoms with Crippen LogP contribution in [0.1, 0.15) is 17.4 Å². The molecule has 0 atom stereocenters. The Kier molecular flexibility index (Phi) is 6.05. The van der Waals surface area contributed by atoms with Crippen LogP contribution >= 0.6 is 23.1 Å². The Hall–Kier alpha value is -3.25. The number of hydrogen-bond acceptors (Lipinski definition) is 9. The number of imidazole rings is 1. The summed E-state index contributed by atoms with van der Waals surface area (Å²) < 4.78 is 5.58. The van der Waals surface area contributed by atoms with Crippen molar-refractivity contribution >= 4 is 51.1 Å². The van der Waals surface area contributed by atoms with E-state index in [1.54, 1.807) is 5.38 Å². The molecule has 1 aromatic carbocycles. The van der Waals surface area contributed by atoms with E-state index < -0.39 is 5.91 Å². The van der Waals surface area contributed by atoms with Gasteiger partial charge in [0.25, 0.3) is 5.22 Å². The Bertz CT molecular complexity index is 1150. The van der Waals surface area contributed by atoms with E-state index in [1.165, 1.54) is 11.3 Å². The van der Waals surface area contributed by atoms with Crippen molar-refractivity contribution in [1.82, 2.24) is 25.1 Å². The number of H-pyrrole nitrogens is 1. The van der Waals surface area contributed by atoms with Crippen LogP contribution in [0, 0.1) is 0 Å². The van der Waals surface area contributed by atoms with E-state index in [9.17, 15) is 9.59 Å². The van der Waals surface area contributed by atoms with E-state index in [0.717, 1.165) is 28.6 Å². The van der Waals surface area contributed by atoms with E-state index in [4.69, 9.17) is 10.2 Å². The number of nitrogens with one attached hydrogen (secondary N) is 2. The number of thiazole rings is 1. The number of primary amides is 1. The number of rotatable bonds is 9. The number of amides is 2. The molecule has 30 heavy (non-hydrogen) atoms. The van der Waals surface area contributed by atoms with Crippen molar-refractivity contribution in [2.45, 2.75) is 24.5 Å². The number of aromatic nitrogens is 5. The number of benzene rings is 1. The molecule has 4 rings (SSSR count). The summed E-state index contributed by atoms with van der Waals surface area (Å²) in [5.41, 5.74) is 7.56. The molecule has 0 spiro atoms. The number of aryl methyl sites for hydroxylation is 2. The predicted molar refractivity (Wildman–Crippen MR) is 112 cm³/mol. The van der Waals surface area contributed by atoms with Crippen LogP contribution in [0.3, 0.4) is 0 Å². The summed E-state index contributed by atoms with van der Waals surface area (Å²) in [6, 6.07) is 7.82. The van der Waals surface area contributed by atoms with Gasteiger partial charge >= 0.3 is 0 Å². The molecule has 0 saturated heterocycles. The highest BCUT2D eigenvalue weighted by molar-refractivity contribution is 7.99. The monoisotopic (exact) mass is 443 g/mol. The highest BCUT2D eigenvalue weighted by Gasteiger charge is 2.13. The van der Waals surface area contributed by atoms with Gasteiger partial charge in [0.05, 0.1) is 28.9 Å². The standard InChI is InChI=1S/C18H17N7O3S2/c19-13(26)7-10-8-29-17(20-10)23-15(27)9-30-18-25-24-16(28-18)6-5-14-21-11-3-1-2-4-12(11)22-14/h1-4,8H,5-7,9H2,(H2,19,26)(H,21,22)(H,20,23,27). The number of aromatic amines is 1. The summed E-state index contributed by atoms with van der Waals surface area (Å²) in [7, 11) is 0. The zero-order valence-corrected chi connectivity index (χ0v) is 17.3. The minimum atomic E-state index is -0.471. The number of fused-ring (bicyclic) bond motifs is 1. The second-order valence-corrected chi connectivity index (χ2v) is 8.07. The summed E-state index contributed by atoms with van der Waals surface area (Å²) in [4.78, 5) is 34.9. The van der Waals surface area contributed by atoms with Gasteiger partial charge in [-0.1, -0.05) is 23.9 Å². The first-order chi connectivity index (χ1) is 14.5. The normalized spacial score (nSPS) is 11.1. The minimum absolute atomic E-state index is 0.0416. The highest BCUT2D eigenvalue weighted by atomic mass is 32.2. The summed E-state index contributed by atoms with van der Waals surface area (Å²) in [6.07, 6.45) is 1.22. The lowest BCUT2D eigenvalue weighted by Gasteiger charge is -1.99. The van der Waals surface area contributed by atoms with Gasteiger partial charge in [0.1, 0.15) is 5.82 Å². The highest BCUT2D eigenvalue weighted by Crippen LogP contribution is 2.20. The van der Waals surface area contributed by atoms with Crippen LogP contribution in [-0.4, -0.2) is 42.7 Å². The number of thioether (sulfide) groups is 1. The van der Waals surface area contributed by atoms with Gasteiger partial charge in [-0.2, -0.15) is 0 Å². The average molecular weight is 444 g/mol. The van der Waals surface area contributed by atoms with Gasteiger partial charge < -0.3 is 20.5 Å². The molecule has 0 fully saturated rings. The lowest BCUT2D eigenvalue weighted by Crippen LogP contribution is -2.15. The van der Waals surface area contributed by atoms with Gasteiger partial charge in [0.2, 0.25) is 17.7 Å². The van der Waals surface area contributed by atoms with E-state index in [0.29, 0.717) is 34.8 Å². The largest absolute Gasteiger partial charge is 0.416 e. The third-order valence-electron chi connectivity index (χ3n) is 3.94. The molecule has 0 aliphatic rings. The lowest BCUT2D eigenvalue weighted by atomic mass is 10.3. The van der Waals surface area contributed by atoms with Crippen molar-refractivity contribution < 1.29 is 14.0 Å². The van der Waals surface area contributed by atoms with Gasteiger partial charge in [-0.15, -0.1) is 21.5 Å². The second kappa shape index (κ2) is 9.05. The quantitative estimate of drug-likeness (QED) is 0.332. The Labute approximate surface area is 178 Å². The van der Waals surface area contributed by atoms with Crippen molar-refractivity contribution in [3.63, 3.8) is 0 Å². The number of para-hydroxylation sites is 2. The van der Waals surface area contributed by atoms with Gasteiger partial charge in [-0.25, -0.2) is 9.97 Å². The van der Waals surface area contributed by atoms with Crippen LogP contribution in [0.25, 0.3) is 11.0 Å². The maximum Gasteiger partial charge on any atom is 0.277 e. The van der Waals surface area contributed by atoms with Crippen LogP contribution in [0.2, 0.25) is 0 Å². The zero-order valence-electron chi connectivity index (χ0n) is 15.6. The maximum atomic E-state index is 12.1. The molecular weight excluding hydrogens is 426 g/mol. The molecule has 4 N–H and O–H groups in total. The second-order valence-electron chi connectivity index (χ2n) is 6.29. The molecule has 154 valence electrons. The minimum Gasteiger partial charge on any atom is -0.416 e. The van der Waals surface area contributed by atoms with Gasteiger partial charge in [0.15, 0.2) is 5.13 Å². The summed E-state index contributed by atoms with van der Waals surface area (Å²) in [6.45, 7) is 0. The molecule has 0 aliphatic heterocycles. The first kappa shape index (κ1) is 20.0. The Morgan fingerprint density at radius 2 is 2.07 bits per heavy atom. The molecule has 3 aromatic heterocycles. The fourth-order valence-electron chi connectivity index (χ4n) is 2.65. The predicted octanol–water partition coefficient (Wildman–Crippen LogP) is 1.95. The number of carbonyl (C=O) groups is 2. The molecule has 4 aromatic rings. The molecule has 0 aliphatic carbocycles. The summed E-state index contributed by atoms with van der Waals surface area (Å²) in [5, 5.41) is 13.0. The third-order valence-corrected chi connectivity index (χ3v) is 5.57. The smallest absolute Gasteiger partial charge is 0.277 e. The maximum absolute atomic E-state index is 12.1. The SMILES string of the molecule is NC(=O)Cc1csc(NC(=O)CSc2nnc(CCc3nc4ccccc4[nH]3)o2)n1. The van der Waals surface area contributed by atoms with E-state index in [1.807, 2.05) is 24.3 Å². The number of carbonyl (C=O) groups excluding carboxylic acids is 2. The third kappa shape index (κ3) is 5.21. The van der Waals surface area contributed by atoms with Gasteiger partial charge in [-0.05, 0) is 12.1 Å². The van der Waals surface area contributed by atoms with Crippen molar-refractivity contribution in [1.29, 1.82) is 0 Å². The molecular formula is C18H17N7O3S2. The molecule has 2 amide bonds. The van der Waals surface area contributed by atoms with Crippen molar-refractivity contribution in [3.8, 4) is 0 Å². The van der Waals surface area contributed by atoms with E-state index in [2.05, 4.69) is 30.5 Å². The van der Waals surface area contributed by atoms with Crippen LogP contribution < -0.4 is 11.1 Å². The summed E-state index contributed by atoms with van der Waals surface area (Å²) >= 11 is 2.37. The molecule has 0 unspecified atom stereocenters.